The van der Waals surface area contributed by atoms with Crippen LogP contribution >= 0.6 is 0 Å². The summed E-state index contributed by atoms with van der Waals surface area (Å²) in [6.45, 7) is 0.972. The number of benzene rings is 1. The molecule has 27 heavy (non-hydrogen) atoms. The largest absolute Gasteiger partial charge is 0.471 e. The van der Waals surface area contributed by atoms with Crippen LogP contribution < -0.4 is 0 Å². The number of halogens is 4. The maximum Gasteiger partial charge on any atom is 0.471 e. The summed E-state index contributed by atoms with van der Waals surface area (Å²) in [5.74, 6) is -3.36. The number of hydrogen-bond donors (Lipinski definition) is 0. The summed E-state index contributed by atoms with van der Waals surface area (Å²) in [7, 11) is 1.54. The topological polar surface area (TPSA) is 68.5 Å². The predicted molar refractivity (Wildman–Crippen MR) is 85.2 cm³/mol. The smallest absolute Gasteiger partial charge is 0.376 e. The predicted octanol–water partition coefficient (Wildman–Crippen LogP) is 3.54. The van der Waals surface area contributed by atoms with E-state index in [1.165, 1.54) is 17.0 Å². The Bertz CT molecular complexity index is 816. The molecule has 0 radical (unpaired) electrons. The number of ether oxygens (including phenoxy) is 1. The Hall–Kier alpha value is -2.49. The van der Waals surface area contributed by atoms with Gasteiger partial charge in [0.05, 0.1) is 11.7 Å². The highest BCUT2D eigenvalue weighted by atomic mass is 19.4. The number of hydrogen-bond acceptors (Lipinski definition) is 5. The highest BCUT2D eigenvalue weighted by molar-refractivity contribution is 5.94. The number of nitrogens with zero attached hydrogens (tertiary/aromatic N) is 3. The van der Waals surface area contributed by atoms with E-state index in [1.807, 2.05) is 0 Å². The molecule has 0 aliphatic carbocycles. The molecule has 1 amide bonds. The number of amides is 1. The van der Waals surface area contributed by atoms with E-state index >= 15 is 0 Å². The van der Waals surface area contributed by atoms with Gasteiger partial charge in [0.2, 0.25) is 5.82 Å². The van der Waals surface area contributed by atoms with E-state index in [0.717, 1.165) is 25.3 Å². The number of carbonyl (C=O) groups is 1. The standard InChI is InChI=1S/C17H17F4N3O3/c1-24(9-11-4-2-3-7-26-11)15(25)12-6-5-10(8-13(12)18)14-22-16(27-23-14)17(19,20)21/h5-6,8,11H,2-4,7,9H2,1H3. The van der Waals surface area contributed by atoms with Gasteiger partial charge in [0.25, 0.3) is 5.91 Å². The molecule has 1 aromatic carbocycles. The van der Waals surface area contributed by atoms with Gasteiger partial charge in [-0.25, -0.2) is 4.39 Å². The van der Waals surface area contributed by atoms with Crippen molar-refractivity contribution in [2.45, 2.75) is 31.5 Å². The Morgan fingerprint density at radius 2 is 2.11 bits per heavy atom. The summed E-state index contributed by atoms with van der Waals surface area (Å²) in [5, 5.41) is 3.20. The fourth-order valence-electron chi connectivity index (χ4n) is 2.83. The van der Waals surface area contributed by atoms with Gasteiger partial charge in [-0.1, -0.05) is 11.2 Å². The molecule has 3 rings (SSSR count). The number of likely N-dealkylation sites (N-methyl/N-ethyl adjacent to an activating group) is 1. The molecule has 2 heterocycles. The minimum Gasteiger partial charge on any atom is -0.376 e. The lowest BCUT2D eigenvalue weighted by molar-refractivity contribution is -0.159. The molecule has 0 bridgehead atoms. The first-order valence-electron chi connectivity index (χ1n) is 8.33. The van der Waals surface area contributed by atoms with Crippen molar-refractivity contribution in [3.8, 4) is 11.4 Å². The minimum absolute atomic E-state index is 0.0263. The molecule has 1 aromatic heterocycles. The van der Waals surface area contributed by atoms with Gasteiger partial charge in [0.1, 0.15) is 5.82 Å². The number of alkyl halides is 3. The highest BCUT2D eigenvalue weighted by Gasteiger charge is 2.38. The molecule has 0 spiro atoms. The average Bonchev–Trinajstić information content (AvgIpc) is 3.12. The summed E-state index contributed by atoms with van der Waals surface area (Å²) in [6, 6.07) is 3.37. The number of carbonyl (C=O) groups excluding carboxylic acids is 1. The van der Waals surface area contributed by atoms with Crippen LogP contribution in [0.3, 0.4) is 0 Å². The lowest BCUT2D eigenvalue weighted by Gasteiger charge is -2.27. The summed E-state index contributed by atoms with van der Waals surface area (Å²) >= 11 is 0. The summed E-state index contributed by atoms with van der Waals surface area (Å²) in [6.07, 6.45) is -2.05. The van der Waals surface area contributed by atoms with Crippen LogP contribution in [0.5, 0.6) is 0 Å². The van der Waals surface area contributed by atoms with Gasteiger partial charge in [-0.3, -0.25) is 4.79 Å². The summed E-state index contributed by atoms with van der Waals surface area (Å²) in [5.41, 5.74) is -0.224. The molecule has 10 heteroatoms. The van der Waals surface area contributed by atoms with Gasteiger partial charge in [-0.2, -0.15) is 18.2 Å². The molecule has 6 nitrogen and oxygen atoms in total. The molecule has 1 saturated heterocycles. The number of aromatic nitrogens is 2. The van der Waals surface area contributed by atoms with Crippen LogP contribution in [0.1, 0.15) is 35.5 Å². The molecule has 1 aliphatic rings. The Morgan fingerprint density at radius 1 is 1.33 bits per heavy atom. The Balaban J connectivity index is 1.74. The van der Waals surface area contributed by atoms with Gasteiger partial charge < -0.3 is 14.2 Å². The minimum atomic E-state index is -4.79. The zero-order valence-electron chi connectivity index (χ0n) is 14.4. The van der Waals surface area contributed by atoms with Crippen molar-refractivity contribution in [2.75, 3.05) is 20.2 Å². The maximum absolute atomic E-state index is 14.4. The highest BCUT2D eigenvalue weighted by Crippen LogP contribution is 2.29. The van der Waals surface area contributed by atoms with E-state index in [2.05, 4.69) is 14.7 Å². The molecular formula is C17H17F4N3O3. The molecule has 1 fully saturated rings. The van der Waals surface area contributed by atoms with E-state index in [4.69, 9.17) is 4.74 Å². The van der Waals surface area contributed by atoms with Gasteiger partial charge >= 0.3 is 12.1 Å². The molecule has 1 aliphatic heterocycles. The van der Waals surface area contributed by atoms with Gasteiger partial charge in [-0.05, 0) is 31.4 Å². The maximum atomic E-state index is 14.4. The van der Waals surface area contributed by atoms with Crippen molar-refractivity contribution in [3.63, 3.8) is 0 Å². The van der Waals surface area contributed by atoms with Crippen LogP contribution in [0, 0.1) is 5.82 Å². The Morgan fingerprint density at radius 3 is 2.70 bits per heavy atom. The summed E-state index contributed by atoms with van der Waals surface area (Å²) < 4.78 is 61.6. The van der Waals surface area contributed by atoms with Crippen LogP contribution in [0.4, 0.5) is 17.6 Å². The third-order valence-electron chi connectivity index (χ3n) is 4.22. The lowest BCUT2D eigenvalue weighted by Crippen LogP contribution is -2.37. The van der Waals surface area contributed by atoms with E-state index in [1.54, 1.807) is 7.05 Å². The van der Waals surface area contributed by atoms with Crippen molar-refractivity contribution >= 4 is 5.91 Å². The Kier molecular flexibility index (Phi) is 5.45. The van der Waals surface area contributed by atoms with Crippen LogP contribution in [0.2, 0.25) is 0 Å². The molecule has 0 N–H and O–H groups in total. The second-order valence-electron chi connectivity index (χ2n) is 6.29. The van der Waals surface area contributed by atoms with Gasteiger partial charge in [0, 0.05) is 25.8 Å². The first-order valence-corrected chi connectivity index (χ1v) is 8.33. The molecular weight excluding hydrogens is 370 g/mol. The van der Waals surface area contributed by atoms with Crippen LogP contribution in [0.25, 0.3) is 11.4 Å². The first-order chi connectivity index (χ1) is 12.8. The molecule has 0 saturated carbocycles. The van der Waals surface area contributed by atoms with Gasteiger partial charge in [-0.15, -0.1) is 0 Å². The van der Waals surface area contributed by atoms with Crippen molar-refractivity contribution in [3.05, 3.63) is 35.5 Å². The van der Waals surface area contributed by atoms with Crippen molar-refractivity contribution in [2.24, 2.45) is 0 Å². The second-order valence-corrected chi connectivity index (χ2v) is 6.29. The van der Waals surface area contributed by atoms with E-state index in [-0.39, 0.29) is 17.2 Å². The van der Waals surface area contributed by atoms with E-state index < -0.39 is 29.6 Å². The van der Waals surface area contributed by atoms with Crippen molar-refractivity contribution in [1.29, 1.82) is 0 Å². The average molecular weight is 387 g/mol. The third-order valence-corrected chi connectivity index (χ3v) is 4.22. The van der Waals surface area contributed by atoms with Crippen LogP contribution in [-0.2, 0) is 10.9 Å². The molecule has 1 unspecified atom stereocenters. The second kappa shape index (κ2) is 7.63. The van der Waals surface area contributed by atoms with Crippen molar-refractivity contribution in [1.82, 2.24) is 15.0 Å². The zero-order valence-corrected chi connectivity index (χ0v) is 14.4. The monoisotopic (exact) mass is 387 g/mol. The fourth-order valence-corrected chi connectivity index (χ4v) is 2.83. The number of rotatable bonds is 4. The fraction of sp³-hybridized carbons (Fsp3) is 0.471. The molecule has 1 atom stereocenters. The SMILES string of the molecule is CN(CC1CCCCO1)C(=O)c1ccc(-c2noc(C(F)(F)F)n2)cc1F. The van der Waals surface area contributed by atoms with E-state index in [0.29, 0.717) is 13.2 Å². The molecule has 2 aromatic rings. The summed E-state index contributed by atoms with van der Waals surface area (Å²) in [4.78, 5) is 17.0. The first kappa shape index (κ1) is 19.3. The molecule has 146 valence electrons. The quantitative estimate of drug-likeness (QED) is 0.751. The normalized spacial score (nSPS) is 17.7. The van der Waals surface area contributed by atoms with Crippen LogP contribution in [-0.4, -0.2) is 47.3 Å². The lowest BCUT2D eigenvalue weighted by atomic mass is 10.1. The van der Waals surface area contributed by atoms with Crippen LogP contribution in [0.15, 0.2) is 22.7 Å². The Labute approximate surface area is 152 Å². The van der Waals surface area contributed by atoms with Crippen molar-refractivity contribution < 1.29 is 31.6 Å². The van der Waals surface area contributed by atoms with E-state index in [9.17, 15) is 22.4 Å². The zero-order chi connectivity index (χ0) is 19.6. The van der Waals surface area contributed by atoms with Gasteiger partial charge in [0.15, 0.2) is 0 Å². The third kappa shape index (κ3) is 4.44.